The Balaban J connectivity index is 1.18. The van der Waals surface area contributed by atoms with Gasteiger partial charge in [-0.3, -0.25) is 9.59 Å². The van der Waals surface area contributed by atoms with Gasteiger partial charge in [-0.25, -0.2) is 0 Å². The van der Waals surface area contributed by atoms with Gasteiger partial charge >= 0.3 is 0 Å². The van der Waals surface area contributed by atoms with Crippen LogP contribution in [0.15, 0.2) is 82.6 Å². The molecule has 1 N–H and O–H groups in total. The second-order valence-corrected chi connectivity index (χ2v) is 14.1. The predicted molar refractivity (Wildman–Crippen MR) is 167 cm³/mol. The van der Waals surface area contributed by atoms with Gasteiger partial charge in [0.15, 0.2) is 0 Å². The van der Waals surface area contributed by atoms with Crippen molar-refractivity contribution < 1.29 is 9.59 Å². The van der Waals surface area contributed by atoms with Crippen molar-refractivity contribution in [1.29, 1.82) is 0 Å². The minimum absolute atomic E-state index is 0.0328. The second kappa shape index (κ2) is 10.5. The third-order valence-electron chi connectivity index (χ3n) is 10.1. The van der Waals surface area contributed by atoms with E-state index in [-0.39, 0.29) is 23.3 Å². The number of thioether (sulfide) groups is 1. The van der Waals surface area contributed by atoms with E-state index in [0.717, 1.165) is 45.0 Å². The molecule has 5 heteroatoms. The van der Waals surface area contributed by atoms with Gasteiger partial charge < -0.3 is 10.2 Å². The molecule has 4 bridgehead atoms. The van der Waals surface area contributed by atoms with E-state index in [4.69, 9.17) is 0 Å². The molecule has 4 saturated carbocycles. The summed E-state index contributed by atoms with van der Waals surface area (Å²) in [7, 11) is 0. The summed E-state index contributed by atoms with van der Waals surface area (Å²) in [5, 5.41) is 3.42. The molecule has 0 spiro atoms. The van der Waals surface area contributed by atoms with E-state index >= 15 is 0 Å². The molecule has 0 saturated heterocycles. The molecule has 1 atom stereocenters. The first kappa shape index (κ1) is 26.6. The summed E-state index contributed by atoms with van der Waals surface area (Å²) >= 11 is 1.49. The number of amides is 2. The zero-order chi connectivity index (χ0) is 28.1. The number of rotatable bonds is 6. The number of anilines is 1. The fraction of sp³-hybridized carbons (Fsp3) is 0.389. The van der Waals surface area contributed by atoms with Crippen LogP contribution in [0.5, 0.6) is 0 Å². The Hall–Kier alpha value is -3.31. The molecular formula is C36H38N2O2S. The van der Waals surface area contributed by atoms with Crippen LogP contribution in [0.3, 0.4) is 0 Å². The molecule has 8 rings (SSSR count). The molecular weight excluding hydrogens is 524 g/mol. The molecule has 3 aromatic rings. The first-order valence-corrected chi connectivity index (χ1v) is 15.9. The predicted octanol–water partition coefficient (Wildman–Crippen LogP) is 8.01. The highest BCUT2D eigenvalue weighted by atomic mass is 32.2. The summed E-state index contributed by atoms with van der Waals surface area (Å²) in [5.41, 5.74) is 4.91. The maximum atomic E-state index is 13.9. The minimum atomic E-state index is -0.0349. The first-order valence-electron chi connectivity index (χ1n) is 15.1. The number of hydrogen-bond acceptors (Lipinski definition) is 3. The van der Waals surface area contributed by atoms with E-state index in [1.54, 1.807) is 0 Å². The van der Waals surface area contributed by atoms with Crippen molar-refractivity contribution in [3.05, 3.63) is 100.0 Å². The van der Waals surface area contributed by atoms with Crippen LogP contribution < -0.4 is 10.2 Å². The van der Waals surface area contributed by atoms with E-state index in [1.165, 1.54) is 50.3 Å². The molecule has 0 radical (unpaired) electrons. The number of nitrogens with zero attached hydrogens (tertiary/aromatic N) is 1. The number of hydrogen-bond donors (Lipinski definition) is 1. The largest absolute Gasteiger partial charge is 0.349 e. The van der Waals surface area contributed by atoms with Gasteiger partial charge in [-0.15, -0.1) is 0 Å². The molecule has 41 heavy (non-hydrogen) atoms. The molecule has 3 aromatic carbocycles. The fourth-order valence-electron chi connectivity index (χ4n) is 8.44. The Kier molecular flexibility index (Phi) is 6.81. The van der Waals surface area contributed by atoms with Crippen LogP contribution in [0.25, 0.3) is 6.08 Å². The molecule has 4 fully saturated rings. The lowest BCUT2D eigenvalue weighted by Crippen LogP contribution is -2.55. The van der Waals surface area contributed by atoms with Gasteiger partial charge in [-0.2, -0.15) is 0 Å². The summed E-state index contributed by atoms with van der Waals surface area (Å²) in [6, 6.07) is 24.3. The van der Waals surface area contributed by atoms with Crippen LogP contribution in [0.2, 0.25) is 0 Å². The molecule has 4 nitrogen and oxygen atoms in total. The highest BCUT2D eigenvalue weighted by Gasteiger charge is 2.53. The van der Waals surface area contributed by atoms with Gasteiger partial charge in [-0.05, 0) is 111 Å². The number of fused-ring (bicyclic) bond motifs is 1. The minimum Gasteiger partial charge on any atom is -0.349 e. The average molecular weight is 563 g/mol. The van der Waals surface area contributed by atoms with E-state index in [1.807, 2.05) is 65.6 Å². The Morgan fingerprint density at radius 1 is 0.976 bits per heavy atom. The van der Waals surface area contributed by atoms with Gasteiger partial charge in [-0.1, -0.05) is 71.9 Å². The summed E-state index contributed by atoms with van der Waals surface area (Å²) in [6.45, 7) is 4.75. The monoisotopic (exact) mass is 562 g/mol. The van der Waals surface area contributed by atoms with Gasteiger partial charge in [0.1, 0.15) is 0 Å². The summed E-state index contributed by atoms with van der Waals surface area (Å²) in [5.74, 6) is 2.48. The number of aryl methyl sites for hydroxylation is 1. The number of carbonyl (C=O) groups is 2. The van der Waals surface area contributed by atoms with E-state index in [9.17, 15) is 9.59 Å². The molecule has 0 aromatic heterocycles. The zero-order valence-corrected chi connectivity index (χ0v) is 24.8. The average Bonchev–Trinajstić information content (AvgIpc) is 2.95. The van der Waals surface area contributed by atoms with Crippen LogP contribution in [-0.2, 0) is 11.3 Å². The van der Waals surface area contributed by atoms with Gasteiger partial charge in [0.25, 0.3) is 11.8 Å². The van der Waals surface area contributed by atoms with Crippen molar-refractivity contribution in [1.82, 2.24) is 5.32 Å². The van der Waals surface area contributed by atoms with Crippen LogP contribution in [0, 0.1) is 30.1 Å². The topological polar surface area (TPSA) is 49.4 Å². The highest BCUT2D eigenvalue weighted by molar-refractivity contribution is 8.04. The maximum Gasteiger partial charge on any atom is 0.265 e. The molecule has 1 heterocycles. The lowest BCUT2D eigenvalue weighted by molar-refractivity contribution is -0.114. The fourth-order valence-corrected chi connectivity index (χ4v) is 9.48. The van der Waals surface area contributed by atoms with Crippen molar-refractivity contribution in [2.24, 2.45) is 23.2 Å². The molecule has 5 aliphatic rings. The van der Waals surface area contributed by atoms with Gasteiger partial charge in [0.2, 0.25) is 0 Å². The second-order valence-electron chi connectivity index (χ2n) is 13.1. The Morgan fingerprint density at radius 3 is 2.37 bits per heavy atom. The van der Waals surface area contributed by atoms with Crippen LogP contribution in [-0.4, -0.2) is 17.9 Å². The van der Waals surface area contributed by atoms with Crippen molar-refractivity contribution >= 4 is 35.3 Å². The van der Waals surface area contributed by atoms with Crippen LogP contribution in [0.4, 0.5) is 5.69 Å². The lowest BCUT2D eigenvalue weighted by Gasteiger charge is -2.59. The third kappa shape index (κ3) is 5.14. The molecule has 4 aliphatic carbocycles. The Bertz CT molecular complexity index is 1490. The van der Waals surface area contributed by atoms with E-state index in [0.29, 0.717) is 17.0 Å². The Morgan fingerprint density at radius 2 is 1.68 bits per heavy atom. The molecule has 2 amide bonds. The van der Waals surface area contributed by atoms with Crippen molar-refractivity contribution in [3.8, 4) is 0 Å². The van der Waals surface area contributed by atoms with E-state index < -0.39 is 0 Å². The van der Waals surface area contributed by atoms with Crippen molar-refractivity contribution in [2.45, 2.75) is 69.9 Å². The molecule has 1 aliphatic heterocycles. The number of nitrogens with one attached hydrogen (secondary N) is 1. The summed E-state index contributed by atoms with van der Waals surface area (Å²) in [6.07, 6.45) is 9.94. The zero-order valence-electron chi connectivity index (χ0n) is 23.9. The van der Waals surface area contributed by atoms with Crippen LogP contribution in [0.1, 0.15) is 72.5 Å². The van der Waals surface area contributed by atoms with Crippen molar-refractivity contribution in [2.75, 3.05) is 4.90 Å². The first-order chi connectivity index (χ1) is 19.8. The standard InChI is InChI=1S/C36H38N2O2S/c1-23-7-6-10-26(13-23)22-38-31-18-30(11-12-32(31)41-33(35(38)40)17-25-8-4-3-5-9-25)34(39)37-24(2)36-19-27-14-28(20-36)16-29(15-27)21-36/h3-13,17-18,24,27-29H,14-16,19-22H2,1-2H3,(H,37,39)/b33-17-/t24-,27?,28?,29?,36?/m1/s1. The summed E-state index contributed by atoms with van der Waals surface area (Å²) < 4.78 is 0. The Labute approximate surface area is 247 Å². The number of carbonyl (C=O) groups excluding carboxylic acids is 2. The van der Waals surface area contributed by atoms with Crippen LogP contribution >= 0.6 is 11.8 Å². The number of benzene rings is 3. The quantitative estimate of drug-likeness (QED) is 0.310. The third-order valence-corrected chi connectivity index (χ3v) is 11.1. The smallest absolute Gasteiger partial charge is 0.265 e. The SMILES string of the molecule is Cc1cccc(CN2C(=O)/C(=C/c3ccccc3)Sc3ccc(C(=O)N[C@H](C)C45CC6CC(CC(C6)C4)C5)cc32)c1. The highest BCUT2D eigenvalue weighted by Crippen LogP contribution is 2.61. The van der Waals surface area contributed by atoms with Gasteiger partial charge in [0, 0.05) is 16.5 Å². The molecule has 210 valence electrons. The van der Waals surface area contributed by atoms with Gasteiger partial charge in [0.05, 0.1) is 17.1 Å². The molecule has 0 unspecified atom stereocenters. The summed E-state index contributed by atoms with van der Waals surface area (Å²) in [4.78, 5) is 31.2. The van der Waals surface area contributed by atoms with Crippen molar-refractivity contribution in [3.63, 3.8) is 0 Å². The lowest BCUT2D eigenvalue weighted by atomic mass is 9.48. The van der Waals surface area contributed by atoms with E-state index in [2.05, 4.69) is 37.4 Å². The maximum absolute atomic E-state index is 13.9. The normalized spacial score (nSPS) is 28.0.